The number of aromatic nitrogens is 4. The monoisotopic (exact) mass is 366 g/mol. The van der Waals surface area contributed by atoms with E-state index in [4.69, 9.17) is 4.52 Å². The molecule has 4 rings (SSSR count). The van der Waals surface area contributed by atoms with Crippen molar-refractivity contribution in [1.29, 1.82) is 0 Å². The number of halogens is 1. The van der Waals surface area contributed by atoms with E-state index in [0.717, 1.165) is 47.4 Å². The standard InChI is InChI=1S/C15H18N6OS.ClH/c1-9-18-12(8-23-9)10-5-11(17-6-10)15-19-14(20-22-15)13-7-16-3-4-21(13)2;/h5-6,8,13,16-17H,3-4,7H2,1-2H3;1H. The molecule has 0 saturated carbocycles. The summed E-state index contributed by atoms with van der Waals surface area (Å²) >= 11 is 1.64. The van der Waals surface area contributed by atoms with Crippen molar-refractivity contribution in [2.24, 2.45) is 0 Å². The molecular weight excluding hydrogens is 348 g/mol. The summed E-state index contributed by atoms with van der Waals surface area (Å²) in [6, 6.07) is 2.14. The smallest absolute Gasteiger partial charge is 0.274 e. The highest BCUT2D eigenvalue weighted by Crippen LogP contribution is 2.27. The van der Waals surface area contributed by atoms with Crippen LogP contribution in [-0.4, -0.2) is 51.7 Å². The molecule has 1 unspecified atom stereocenters. The second-order valence-corrected chi connectivity index (χ2v) is 6.77. The number of nitrogens with zero attached hydrogens (tertiary/aromatic N) is 4. The summed E-state index contributed by atoms with van der Waals surface area (Å²) in [6.45, 7) is 4.80. The first kappa shape index (κ1) is 17.1. The summed E-state index contributed by atoms with van der Waals surface area (Å²) in [6.07, 6.45) is 1.92. The Morgan fingerprint density at radius 1 is 1.38 bits per heavy atom. The Balaban J connectivity index is 0.00000169. The lowest BCUT2D eigenvalue weighted by Crippen LogP contribution is -2.44. The molecule has 7 nitrogen and oxygen atoms in total. The Kier molecular flexibility index (Phi) is 5.00. The van der Waals surface area contributed by atoms with Crippen LogP contribution in [0.2, 0.25) is 0 Å². The van der Waals surface area contributed by atoms with Crippen molar-refractivity contribution in [1.82, 2.24) is 30.3 Å². The van der Waals surface area contributed by atoms with Gasteiger partial charge >= 0.3 is 0 Å². The van der Waals surface area contributed by atoms with Crippen LogP contribution < -0.4 is 5.32 Å². The topological polar surface area (TPSA) is 82.9 Å². The minimum atomic E-state index is 0. The van der Waals surface area contributed by atoms with Gasteiger partial charge in [-0.25, -0.2) is 4.98 Å². The van der Waals surface area contributed by atoms with Crippen LogP contribution >= 0.6 is 23.7 Å². The molecule has 0 radical (unpaired) electrons. The zero-order chi connectivity index (χ0) is 15.8. The van der Waals surface area contributed by atoms with E-state index in [9.17, 15) is 0 Å². The highest BCUT2D eigenvalue weighted by Gasteiger charge is 2.25. The van der Waals surface area contributed by atoms with Crippen molar-refractivity contribution in [3.63, 3.8) is 0 Å². The maximum atomic E-state index is 5.44. The number of rotatable bonds is 3. The van der Waals surface area contributed by atoms with E-state index in [1.807, 2.05) is 24.6 Å². The van der Waals surface area contributed by atoms with Crippen molar-refractivity contribution in [2.75, 3.05) is 26.7 Å². The fraction of sp³-hybridized carbons (Fsp3) is 0.400. The number of hydrogen-bond acceptors (Lipinski definition) is 7. The Morgan fingerprint density at radius 3 is 3.00 bits per heavy atom. The van der Waals surface area contributed by atoms with E-state index >= 15 is 0 Å². The van der Waals surface area contributed by atoms with Gasteiger partial charge in [-0.3, -0.25) is 4.90 Å². The number of thiazole rings is 1. The third kappa shape index (κ3) is 3.23. The van der Waals surface area contributed by atoms with E-state index < -0.39 is 0 Å². The van der Waals surface area contributed by atoms with Crippen LogP contribution in [0.3, 0.4) is 0 Å². The van der Waals surface area contributed by atoms with Gasteiger partial charge in [-0.05, 0) is 20.0 Å². The molecule has 1 fully saturated rings. The fourth-order valence-electron chi connectivity index (χ4n) is 2.74. The Bertz CT molecular complexity index is 812. The molecule has 9 heteroatoms. The molecular formula is C15H19ClN6OS. The number of hydrogen-bond donors (Lipinski definition) is 2. The molecule has 1 atom stereocenters. The van der Waals surface area contributed by atoms with Crippen LogP contribution in [-0.2, 0) is 0 Å². The summed E-state index contributed by atoms with van der Waals surface area (Å²) in [5, 5.41) is 10.6. The van der Waals surface area contributed by atoms with Gasteiger partial charge in [0.1, 0.15) is 5.69 Å². The van der Waals surface area contributed by atoms with Crippen LogP contribution in [0.4, 0.5) is 0 Å². The first-order valence-corrected chi connectivity index (χ1v) is 8.44. The summed E-state index contributed by atoms with van der Waals surface area (Å²) < 4.78 is 5.44. The summed E-state index contributed by atoms with van der Waals surface area (Å²) in [4.78, 5) is 14.5. The minimum absolute atomic E-state index is 0. The second-order valence-electron chi connectivity index (χ2n) is 5.71. The number of piperazine rings is 1. The van der Waals surface area contributed by atoms with Crippen molar-refractivity contribution in [2.45, 2.75) is 13.0 Å². The molecule has 0 spiro atoms. The van der Waals surface area contributed by atoms with E-state index in [1.165, 1.54) is 0 Å². The van der Waals surface area contributed by atoms with Gasteiger partial charge < -0.3 is 14.8 Å². The summed E-state index contributed by atoms with van der Waals surface area (Å²) in [5.41, 5.74) is 2.81. The lowest BCUT2D eigenvalue weighted by atomic mass is 10.2. The number of likely N-dealkylation sites (N-methyl/N-ethyl adjacent to an activating group) is 1. The van der Waals surface area contributed by atoms with Gasteiger partial charge in [-0.15, -0.1) is 23.7 Å². The van der Waals surface area contributed by atoms with E-state index in [1.54, 1.807) is 11.3 Å². The minimum Gasteiger partial charge on any atom is -0.357 e. The third-order valence-corrected chi connectivity index (χ3v) is 4.85. The van der Waals surface area contributed by atoms with Crippen LogP contribution in [0.1, 0.15) is 16.9 Å². The maximum absolute atomic E-state index is 5.44. The van der Waals surface area contributed by atoms with Crippen LogP contribution in [0.25, 0.3) is 22.8 Å². The first-order chi connectivity index (χ1) is 11.2. The number of aryl methyl sites for hydroxylation is 1. The predicted molar refractivity (Wildman–Crippen MR) is 95.4 cm³/mol. The van der Waals surface area contributed by atoms with Gasteiger partial charge in [0, 0.05) is 36.8 Å². The molecule has 24 heavy (non-hydrogen) atoms. The van der Waals surface area contributed by atoms with Crippen molar-refractivity contribution >= 4 is 23.7 Å². The Hall–Kier alpha value is -1.74. The second kappa shape index (κ2) is 7.02. The molecule has 0 aromatic carbocycles. The average molecular weight is 367 g/mol. The SMILES string of the molecule is Cc1nc(-c2c[nH]c(-c3nc(C4CNCCN4C)no3)c2)cs1.Cl. The normalized spacial score (nSPS) is 18.5. The number of nitrogens with one attached hydrogen (secondary N) is 2. The van der Waals surface area contributed by atoms with E-state index in [2.05, 4.69) is 37.4 Å². The molecule has 3 aromatic rings. The van der Waals surface area contributed by atoms with E-state index in [-0.39, 0.29) is 18.4 Å². The van der Waals surface area contributed by atoms with Crippen LogP contribution in [0.5, 0.6) is 0 Å². The highest BCUT2D eigenvalue weighted by molar-refractivity contribution is 7.09. The number of aromatic amines is 1. The lowest BCUT2D eigenvalue weighted by Gasteiger charge is -2.30. The van der Waals surface area contributed by atoms with E-state index in [0.29, 0.717) is 5.89 Å². The molecule has 1 saturated heterocycles. The third-order valence-electron chi connectivity index (χ3n) is 4.08. The van der Waals surface area contributed by atoms with Gasteiger partial charge in [-0.1, -0.05) is 5.16 Å². The first-order valence-electron chi connectivity index (χ1n) is 7.56. The molecule has 1 aliphatic rings. The Labute approximate surface area is 149 Å². The molecule has 0 aliphatic carbocycles. The molecule has 128 valence electrons. The van der Waals surface area contributed by atoms with Crippen molar-refractivity contribution in [3.8, 4) is 22.8 Å². The highest BCUT2D eigenvalue weighted by atomic mass is 35.5. The molecule has 0 amide bonds. The quantitative estimate of drug-likeness (QED) is 0.741. The zero-order valence-corrected chi connectivity index (χ0v) is 15.1. The fourth-order valence-corrected chi connectivity index (χ4v) is 3.36. The Morgan fingerprint density at radius 2 is 2.25 bits per heavy atom. The van der Waals surface area contributed by atoms with Crippen LogP contribution in [0, 0.1) is 6.92 Å². The van der Waals surface area contributed by atoms with Crippen molar-refractivity contribution in [3.05, 3.63) is 28.5 Å². The lowest BCUT2D eigenvalue weighted by molar-refractivity contribution is 0.190. The summed E-state index contributed by atoms with van der Waals surface area (Å²) in [5.74, 6) is 1.23. The molecule has 3 aromatic heterocycles. The molecule has 2 N–H and O–H groups in total. The zero-order valence-electron chi connectivity index (χ0n) is 13.4. The van der Waals surface area contributed by atoms with Gasteiger partial charge in [0.25, 0.3) is 5.89 Å². The van der Waals surface area contributed by atoms with Gasteiger partial charge in [-0.2, -0.15) is 4.98 Å². The molecule has 1 aliphatic heterocycles. The van der Waals surface area contributed by atoms with Crippen LogP contribution in [0.15, 0.2) is 22.2 Å². The van der Waals surface area contributed by atoms with Gasteiger partial charge in [0.2, 0.25) is 0 Å². The number of H-pyrrole nitrogens is 1. The largest absolute Gasteiger partial charge is 0.357 e. The predicted octanol–water partition coefficient (Wildman–Crippen LogP) is 2.49. The average Bonchev–Trinajstić information content (AvgIpc) is 3.27. The summed E-state index contributed by atoms with van der Waals surface area (Å²) in [7, 11) is 2.08. The van der Waals surface area contributed by atoms with Crippen molar-refractivity contribution < 1.29 is 4.52 Å². The maximum Gasteiger partial charge on any atom is 0.274 e. The molecule has 0 bridgehead atoms. The van der Waals surface area contributed by atoms with Gasteiger partial charge in [0.15, 0.2) is 5.82 Å². The molecule has 4 heterocycles. The van der Waals surface area contributed by atoms with Gasteiger partial charge in [0.05, 0.1) is 16.7 Å².